The van der Waals surface area contributed by atoms with Gasteiger partial charge in [0.1, 0.15) is 0 Å². The lowest BCUT2D eigenvalue weighted by molar-refractivity contribution is 0.817. The van der Waals surface area contributed by atoms with Crippen molar-refractivity contribution >= 4 is 10.9 Å². The molecule has 20 heavy (non-hydrogen) atoms. The molecule has 0 spiro atoms. The summed E-state index contributed by atoms with van der Waals surface area (Å²) in [5.41, 5.74) is 11.2. The van der Waals surface area contributed by atoms with Gasteiger partial charge in [0, 0.05) is 23.2 Å². The average molecular weight is 266 g/mol. The van der Waals surface area contributed by atoms with E-state index in [0.29, 0.717) is 6.54 Å². The molecule has 3 aromatic rings. The zero-order chi connectivity index (χ0) is 14.3. The van der Waals surface area contributed by atoms with Gasteiger partial charge in [-0.2, -0.15) is 5.10 Å². The first-order chi connectivity index (χ1) is 9.61. The Balaban J connectivity index is 2.27. The van der Waals surface area contributed by atoms with Crippen LogP contribution in [0.5, 0.6) is 0 Å². The highest BCUT2D eigenvalue weighted by molar-refractivity contribution is 5.85. The van der Waals surface area contributed by atoms with Crippen molar-refractivity contribution in [1.82, 2.24) is 14.8 Å². The van der Waals surface area contributed by atoms with Gasteiger partial charge in [-0.1, -0.05) is 18.2 Å². The summed E-state index contributed by atoms with van der Waals surface area (Å²) in [6, 6.07) is 8.33. The van der Waals surface area contributed by atoms with Gasteiger partial charge < -0.3 is 5.73 Å². The number of nitrogens with zero attached hydrogens (tertiary/aromatic N) is 3. The number of nitrogens with two attached hydrogens (primary N) is 1. The Morgan fingerprint density at radius 1 is 1.15 bits per heavy atom. The van der Waals surface area contributed by atoms with E-state index in [1.165, 1.54) is 16.5 Å². The maximum absolute atomic E-state index is 5.71. The molecule has 0 atom stereocenters. The number of aryl methyl sites for hydroxylation is 2. The monoisotopic (exact) mass is 266 g/mol. The number of aromatic nitrogens is 3. The first-order valence-corrected chi connectivity index (χ1v) is 6.72. The number of para-hydroxylation sites is 1. The second-order valence-electron chi connectivity index (χ2n) is 5.14. The van der Waals surface area contributed by atoms with Gasteiger partial charge in [-0.3, -0.25) is 0 Å². The maximum atomic E-state index is 5.71. The molecule has 0 unspecified atom stereocenters. The fourth-order valence-electron chi connectivity index (χ4n) is 2.53. The molecule has 2 aromatic heterocycles. The van der Waals surface area contributed by atoms with Crippen LogP contribution >= 0.6 is 0 Å². The van der Waals surface area contributed by atoms with Crippen LogP contribution in [0.4, 0.5) is 0 Å². The first kappa shape index (κ1) is 12.8. The Hall–Kier alpha value is -2.20. The Morgan fingerprint density at radius 3 is 2.65 bits per heavy atom. The predicted molar refractivity (Wildman–Crippen MR) is 81.0 cm³/mol. The lowest BCUT2D eigenvalue weighted by Crippen LogP contribution is -2.05. The Morgan fingerprint density at radius 2 is 1.95 bits per heavy atom. The number of benzene rings is 1. The largest absolute Gasteiger partial charge is 0.326 e. The van der Waals surface area contributed by atoms with Gasteiger partial charge >= 0.3 is 0 Å². The molecular weight excluding hydrogens is 248 g/mol. The summed E-state index contributed by atoms with van der Waals surface area (Å²) in [5.74, 6) is 0.849. The van der Waals surface area contributed by atoms with Gasteiger partial charge in [0.05, 0.1) is 11.7 Å². The third-order valence-corrected chi connectivity index (χ3v) is 3.78. The van der Waals surface area contributed by atoms with Crippen molar-refractivity contribution in [2.24, 2.45) is 5.73 Å². The van der Waals surface area contributed by atoms with E-state index in [4.69, 9.17) is 10.7 Å². The van der Waals surface area contributed by atoms with Crippen molar-refractivity contribution in [2.45, 2.75) is 27.3 Å². The van der Waals surface area contributed by atoms with Crippen molar-refractivity contribution in [1.29, 1.82) is 0 Å². The highest BCUT2D eigenvalue weighted by Gasteiger charge is 2.11. The minimum absolute atomic E-state index is 0.497. The van der Waals surface area contributed by atoms with Gasteiger partial charge in [0.25, 0.3) is 0 Å². The molecule has 0 saturated heterocycles. The third-order valence-electron chi connectivity index (χ3n) is 3.78. The SMILES string of the molecule is Cc1cc(-n2ncc(CN)c2C)nc2c(C)cccc12. The van der Waals surface area contributed by atoms with Crippen molar-refractivity contribution in [3.63, 3.8) is 0 Å². The summed E-state index contributed by atoms with van der Waals surface area (Å²) in [5, 5.41) is 5.60. The number of fused-ring (bicyclic) bond motifs is 1. The summed E-state index contributed by atoms with van der Waals surface area (Å²) in [7, 11) is 0. The van der Waals surface area contributed by atoms with Crippen LogP contribution in [0.3, 0.4) is 0 Å². The molecule has 0 aliphatic heterocycles. The topological polar surface area (TPSA) is 56.7 Å². The van der Waals surface area contributed by atoms with Gasteiger partial charge in [-0.15, -0.1) is 0 Å². The smallest absolute Gasteiger partial charge is 0.154 e. The number of pyridine rings is 1. The number of hydrogen-bond acceptors (Lipinski definition) is 3. The van der Waals surface area contributed by atoms with Crippen LogP contribution in [0.15, 0.2) is 30.5 Å². The molecule has 0 radical (unpaired) electrons. The normalized spacial score (nSPS) is 11.2. The maximum Gasteiger partial charge on any atom is 0.154 e. The van der Waals surface area contributed by atoms with Crippen molar-refractivity contribution in [3.8, 4) is 5.82 Å². The predicted octanol–water partition coefficient (Wildman–Crippen LogP) is 2.80. The fourth-order valence-corrected chi connectivity index (χ4v) is 2.53. The highest BCUT2D eigenvalue weighted by Crippen LogP contribution is 2.23. The van der Waals surface area contributed by atoms with E-state index in [9.17, 15) is 0 Å². The summed E-state index contributed by atoms with van der Waals surface area (Å²) in [6.07, 6.45) is 1.81. The van der Waals surface area contributed by atoms with E-state index in [1.807, 2.05) is 17.8 Å². The molecule has 0 fully saturated rings. The quantitative estimate of drug-likeness (QED) is 0.776. The summed E-state index contributed by atoms with van der Waals surface area (Å²) < 4.78 is 1.86. The highest BCUT2D eigenvalue weighted by atomic mass is 15.3. The lowest BCUT2D eigenvalue weighted by Gasteiger charge is -2.10. The zero-order valence-corrected chi connectivity index (χ0v) is 12.0. The van der Waals surface area contributed by atoms with Crippen molar-refractivity contribution in [3.05, 3.63) is 52.8 Å². The van der Waals surface area contributed by atoms with Crippen LogP contribution in [0.2, 0.25) is 0 Å². The number of hydrogen-bond donors (Lipinski definition) is 1. The van der Waals surface area contributed by atoms with Crippen LogP contribution in [0, 0.1) is 20.8 Å². The van der Waals surface area contributed by atoms with E-state index >= 15 is 0 Å². The molecule has 1 aromatic carbocycles. The standard InChI is InChI=1S/C16H18N4/c1-10-5-4-6-14-11(2)7-15(19-16(10)14)20-12(3)13(8-17)9-18-20/h4-7,9H,8,17H2,1-3H3. The Labute approximate surface area is 118 Å². The Kier molecular flexibility index (Phi) is 3.03. The van der Waals surface area contributed by atoms with Gasteiger partial charge in [0.2, 0.25) is 0 Å². The molecular formula is C16H18N4. The second-order valence-corrected chi connectivity index (χ2v) is 5.14. The summed E-state index contributed by atoms with van der Waals surface area (Å²) >= 11 is 0. The van der Waals surface area contributed by atoms with Crippen LogP contribution < -0.4 is 5.73 Å². The third kappa shape index (κ3) is 1.89. The van der Waals surface area contributed by atoms with Crippen LogP contribution in [-0.4, -0.2) is 14.8 Å². The molecule has 0 aliphatic carbocycles. The van der Waals surface area contributed by atoms with Crippen molar-refractivity contribution in [2.75, 3.05) is 0 Å². The van der Waals surface area contributed by atoms with E-state index in [2.05, 4.69) is 43.2 Å². The molecule has 2 N–H and O–H groups in total. The summed E-state index contributed by atoms with van der Waals surface area (Å²) in [4.78, 5) is 4.77. The van der Waals surface area contributed by atoms with E-state index in [0.717, 1.165) is 22.6 Å². The van der Waals surface area contributed by atoms with Gasteiger partial charge in [0.15, 0.2) is 5.82 Å². The van der Waals surface area contributed by atoms with Crippen LogP contribution in [-0.2, 0) is 6.54 Å². The fraction of sp³-hybridized carbons (Fsp3) is 0.250. The van der Waals surface area contributed by atoms with E-state index in [-0.39, 0.29) is 0 Å². The van der Waals surface area contributed by atoms with E-state index < -0.39 is 0 Å². The molecule has 0 aliphatic rings. The molecule has 0 saturated carbocycles. The minimum Gasteiger partial charge on any atom is -0.326 e. The Bertz CT molecular complexity index is 787. The number of rotatable bonds is 2. The molecule has 102 valence electrons. The molecule has 0 bridgehead atoms. The first-order valence-electron chi connectivity index (χ1n) is 6.72. The van der Waals surface area contributed by atoms with Crippen molar-refractivity contribution < 1.29 is 0 Å². The lowest BCUT2D eigenvalue weighted by atomic mass is 10.1. The molecule has 4 heteroatoms. The van der Waals surface area contributed by atoms with Gasteiger partial charge in [-0.05, 0) is 38.0 Å². The van der Waals surface area contributed by atoms with E-state index in [1.54, 1.807) is 0 Å². The van der Waals surface area contributed by atoms with Crippen LogP contribution in [0.1, 0.15) is 22.4 Å². The molecule has 2 heterocycles. The average Bonchev–Trinajstić information content (AvgIpc) is 2.81. The molecule has 0 amide bonds. The molecule has 3 rings (SSSR count). The summed E-state index contributed by atoms with van der Waals surface area (Å²) in [6.45, 7) is 6.71. The minimum atomic E-state index is 0.497. The zero-order valence-electron chi connectivity index (χ0n) is 12.0. The van der Waals surface area contributed by atoms with Crippen LogP contribution in [0.25, 0.3) is 16.7 Å². The molecule has 4 nitrogen and oxygen atoms in total. The van der Waals surface area contributed by atoms with Gasteiger partial charge in [-0.25, -0.2) is 9.67 Å². The second kappa shape index (κ2) is 4.72.